The van der Waals surface area contributed by atoms with Crippen molar-refractivity contribution in [2.75, 3.05) is 13.7 Å². The number of amides is 1. The SMILES string of the molecule is COC[C@H](O)Cc1ccc(C(N)=O)c(C2=CCC(C)(C)CC2)c1. The van der Waals surface area contributed by atoms with Crippen LogP contribution in [0.5, 0.6) is 0 Å². The molecule has 4 heteroatoms. The fraction of sp³-hybridized carbons (Fsp3) is 0.526. The summed E-state index contributed by atoms with van der Waals surface area (Å²) in [6.45, 7) is 4.81. The molecule has 0 unspecified atom stereocenters. The Morgan fingerprint density at radius 1 is 1.43 bits per heavy atom. The lowest BCUT2D eigenvalue weighted by molar-refractivity contribution is 0.0650. The molecule has 3 N–H and O–H groups in total. The number of hydrogen-bond donors (Lipinski definition) is 2. The van der Waals surface area contributed by atoms with E-state index in [4.69, 9.17) is 10.5 Å². The fourth-order valence-electron chi connectivity index (χ4n) is 3.04. The average molecular weight is 317 g/mol. The van der Waals surface area contributed by atoms with Gasteiger partial charge in [0, 0.05) is 19.1 Å². The average Bonchev–Trinajstić information content (AvgIpc) is 2.47. The highest BCUT2D eigenvalue weighted by molar-refractivity contribution is 5.98. The summed E-state index contributed by atoms with van der Waals surface area (Å²) in [6, 6.07) is 5.62. The van der Waals surface area contributed by atoms with E-state index in [-0.39, 0.29) is 0 Å². The molecule has 0 aromatic heterocycles. The Kier molecular flexibility index (Phi) is 5.60. The summed E-state index contributed by atoms with van der Waals surface area (Å²) in [5, 5.41) is 9.92. The van der Waals surface area contributed by atoms with E-state index < -0.39 is 12.0 Å². The number of allylic oxidation sites excluding steroid dienone is 2. The minimum absolute atomic E-state index is 0.295. The smallest absolute Gasteiger partial charge is 0.249 e. The molecule has 0 saturated heterocycles. The first-order valence-electron chi connectivity index (χ1n) is 8.11. The topological polar surface area (TPSA) is 72.6 Å². The number of benzene rings is 1. The first-order chi connectivity index (χ1) is 10.8. The van der Waals surface area contributed by atoms with Crippen LogP contribution < -0.4 is 5.73 Å². The van der Waals surface area contributed by atoms with Gasteiger partial charge in [-0.1, -0.05) is 32.1 Å². The molecule has 23 heavy (non-hydrogen) atoms. The van der Waals surface area contributed by atoms with E-state index >= 15 is 0 Å². The Bertz CT molecular complexity index is 605. The van der Waals surface area contributed by atoms with Crippen molar-refractivity contribution in [3.8, 4) is 0 Å². The lowest BCUT2D eigenvalue weighted by Gasteiger charge is -2.29. The van der Waals surface area contributed by atoms with Crippen LogP contribution in [-0.2, 0) is 11.2 Å². The normalized spacial score (nSPS) is 18.3. The zero-order chi connectivity index (χ0) is 17.0. The summed E-state index contributed by atoms with van der Waals surface area (Å²) in [5.74, 6) is -0.408. The van der Waals surface area contributed by atoms with Gasteiger partial charge in [0.25, 0.3) is 0 Å². The Balaban J connectivity index is 2.32. The zero-order valence-electron chi connectivity index (χ0n) is 14.3. The molecule has 0 bridgehead atoms. The summed E-state index contributed by atoms with van der Waals surface area (Å²) in [7, 11) is 1.57. The van der Waals surface area contributed by atoms with Crippen molar-refractivity contribution in [3.05, 3.63) is 41.0 Å². The Labute approximate surface area is 138 Å². The Morgan fingerprint density at radius 3 is 2.74 bits per heavy atom. The van der Waals surface area contributed by atoms with Crippen molar-refractivity contribution >= 4 is 11.5 Å². The van der Waals surface area contributed by atoms with Gasteiger partial charge in [0.05, 0.1) is 12.7 Å². The first kappa shape index (κ1) is 17.7. The number of aliphatic hydroxyl groups excluding tert-OH is 1. The fourth-order valence-corrected chi connectivity index (χ4v) is 3.04. The van der Waals surface area contributed by atoms with Gasteiger partial charge in [0.2, 0.25) is 5.91 Å². The van der Waals surface area contributed by atoms with Crippen molar-refractivity contribution in [2.45, 2.75) is 45.6 Å². The largest absolute Gasteiger partial charge is 0.390 e. The van der Waals surface area contributed by atoms with Crippen LogP contribution in [0.3, 0.4) is 0 Å². The molecule has 2 rings (SSSR count). The molecule has 4 nitrogen and oxygen atoms in total. The molecule has 1 aromatic rings. The molecule has 1 atom stereocenters. The number of aliphatic hydroxyl groups is 1. The van der Waals surface area contributed by atoms with Crippen LogP contribution in [0.4, 0.5) is 0 Å². The summed E-state index contributed by atoms with van der Waals surface area (Å²) in [4.78, 5) is 11.8. The molecule has 0 saturated carbocycles. The van der Waals surface area contributed by atoms with E-state index in [0.717, 1.165) is 30.4 Å². The highest BCUT2D eigenvalue weighted by Gasteiger charge is 2.24. The lowest BCUT2D eigenvalue weighted by Crippen LogP contribution is -2.19. The third-order valence-electron chi connectivity index (χ3n) is 4.50. The predicted octanol–water partition coefficient (Wildman–Crippen LogP) is 2.93. The molecule has 1 amide bonds. The summed E-state index contributed by atoms with van der Waals surface area (Å²) < 4.78 is 4.97. The molecular formula is C19H27NO3. The van der Waals surface area contributed by atoms with E-state index in [9.17, 15) is 9.90 Å². The van der Waals surface area contributed by atoms with Gasteiger partial charge >= 0.3 is 0 Å². The number of hydrogen-bond acceptors (Lipinski definition) is 3. The molecule has 1 aliphatic rings. The highest BCUT2D eigenvalue weighted by atomic mass is 16.5. The van der Waals surface area contributed by atoms with Crippen LogP contribution in [0.15, 0.2) is 24.3 Å². The number of nitrogens with two attached hydrogens (primary N) is 1. The Morgan fingerprint density at radius 2 is 2.17 bits per heavy atom. The second kappa shape index (κ2) is 7.28. The minimum Gasteiger partial charge on any atom is -0.390 e. The van der Waals surface area contributed by atoms with E-state index in [1.807, 2.05) is 12.1 Å². The van der Waals surface area contributed by atoms with Crippen molar-refractivity contribution < 1.29 is 14.6 Å². The van der Waals surface area contributed by atoms with Crippen LogP contribution in [-0.4, -0.2) is 30.8 Å². The van der Waals surface area contributed by atoms with Crippen LogP contribution in [0.1, 0.15) is 54.6 Å². The Hall–Kier alpha value is -1.65. The molecule has 0 aliphatic heterocycles. The molecule has 1 aliphatic carbocycles. The number of primary amides is 1. The molecule has 0 fully saturated rings. The van der Waals surface area contributed by atoms with E-state index in [0.29, 0.717) is 24.0 Å². The predicted molar refractivity (Wildman–Crippen MR) is 92.2 cm³/mol. The van der Waals surface area contributed by atoms with Crippen LogP contribution in [0.25, 0.3) is 5.57 Å². The number of rotatable bonds is 6. The quantitative estimate of drug-likeness (QED) is 0.847. The number of methoxy groups -OCH3 is 1. The monoisotopic (exact) mass is 317 g/mol. The number of carbonyl (C=O) groups is 1. The minimum atomic E-state index is -0.549. The molecule has 126 valence electrons. The third kappa shape index (κ3) is 4.66. The number of carbonyl (C=O) groups excluding carboxylic acids is 1. The van der Waals surface area contributed by atoms with Crippen LogP contribution in [0, 0.1) is 5.41 Å². The highest BCUT2D eigenvalue weighted by Crippen LogP contribution is 2.39. The van der Waals surface area contributed by atoms with E-state index in [1.54, 1.807) is 13.2 Å². The third-order valence-corrected chi connectivity index (χ3v) is 4.50. The summed E-state index contributed by atoms with van der Waals surface area (Å²) in [5.41, 5.74) is 9.48. The van der Waals surface area contributed by atoms with Gasteiger partial charge in [0.1, 0.15) is 0 Å². The molecule has 0 spiro atoms. The van der Waals surface area contributed by atoms with Crippen molar-refractivity contribution in [1.29, 1.82) is 0 Å². The summed E-state index contributed by atoms with van der Waals surface area (Å²) >= 11 is 0. The standard InChI is InChI=1S/C19H27NO3/c1-19(2)8-6-14(7-9-19)17-11-13(10-15(21)12-23-3)4-5-16(17)18(20)22/h4-6,11,15,21H,7-10,12H2,1-3H3,(H2,20,22)/t15-/m1/s1. The van der Waals surface area contributed by atoms with Crippen LogP contribution >= 0.6 is 0 Å². The van der Waals surface area contributed by atoms with Gasteiger partial charge in [-0.3, -0.25) is 4.79 Å². The second-order valence-electron chi connectivity index (χ2n) is 7.16. The maximum absolute atomic E-state index is 11.8. The van der Waals surface area contributed by atoms with Crippen molar-refractivity contribution in [3.63, 3.8) is 0 Å². The molecule has 0 heterocycles. The van der Waals surface area contributed by atoms with Gasteiger partial charge in [-0.25, -0.2) is 0 Å². The maximum atomic E-state index is 11.8. The van der Waals surface area contributed by atoms with Gasteiger partial charge in [-0.2, -0.15) is 0 Å². The second-order valence-corrected chi connectivity index (χ2v) is 7.16. The maximum Gasteiger partial charge on any atom is 0.249 e. The van der Waals surface area contributed by atoms with Crippen molar-refractivity contribution in [2.24, 2.45) is 11.1 Å². The van der Waals surface area contributed by atoms with E-state index in [2.05, 4.69) is 19.9 Å². The first-order valence-corrected chi connectivity index (χ1v) is 8.11. The zero-order valence-corrected chi connectivity index (χ0v) is 14.3. The van der Waals surface area contributed by atoms with Gasteiger partial charge < -0.3 is 15.6 Å². The number of ether oxygens (including phenoxy) is 1. The lowest BCUT2D eigenvalue weighted by atomic mass is 9.76. The van der Waals surface area contributed by atoms with Gasteiger partial charge in [-0.15, -0.1) is 0 Å². The van der Waals surface area contributed by atoms with Crippen molar-refractivity contribution in [1.82, 2.24) is 0 Å². The summed E-state index contributed by atoms with van der Waals surface area (Å²) in [6.07, 6.45) is 5.20. The molecule has 1 aromatic carbocycles. The van der Waals surface area contributed by atoms with E-state index in [1.165, 1.54) is 5.57 Å². The molecule has 0 radical (unpaired) electrons. The molecular weight excluding hydrogens is 290 g/mol. The van der Waals surface area contributed by atoms with Gasteiger partial charge in [0.15, 0.2) is 0 Å². The van der Waals surface area contributed by atoms with Crippen LogP contribution in [0.2, 0.25) is 0 Å². The van der Waals surface area contributed by atoms with Gasteiger partial charge in [-0.05, 0) is 47.4 Å².